The van der Waals surface area contributed by atoms with Crippen LogP contribution in [-0.4, -0.2) is 29.0 Å². The zero-order chi connectivity index (χ0) is 14.5. The predicted molar refractivity (Wildman–Crippen MR) is 83.2 cm³/mol. The minimum Gasteiger partial charge on any atom is -0.324 e. The molecule has 0 atom stereocenters. The number of amides is 2. The number of carbonyl (C=O) groups excluding carboxylic acids is 1. The highest BCUT2D eigenvalue weighted by Crippen LogP contribution is 2.26. The highest BCUT2D eigenvalue weighted by atomic mass is 16.2. The Morgan fingerprint density at radius 2 is 1.76 bits per heavy atom. The number of carbonyl (C=O) groups is 1. The molecular weight excluding hydrogens is 262 g/mol. The molecule has 21 heavy (non-hydrogen) atoms. The second-order valence-corrected chi connectivity index (χ2v) is 5.31. The average Bonchev–Trinajstić information content (AvgIpc) is 2.57. The summed E-state index contributed by atoms with van der Waals surface area (Å²) in [6.07, 6.45) is 3.78. The van der Waals surface area contributed by atoms with Gasteiger partial charge in [0.05, 0.1) is 0 Å². The van der Waals surface area contributed by atoms with Gasteiger partial charge in [-0.05, 0) is 37.1 Å². The van der Waals surface area contributed by atoms with Crippen molar-refractivity contribution in [3.63, 3.8) is 0 Å². The number of likely N-dealkylation sites (tertiary alicyclic amines) is 1. The molecule has 1 aliphatic heterocycles. The fourth-order valence-corrected chi connectivity index (χ4v) is 2.72. The van der Waals surface area contributed by atoms with Crippen molar-refractivity contribution < 1.29 is 4.79 Å². The lowest BCUT2D eigenvalue weighted by molar-refractivity contribution is 0.194. The van der Waals surface area contributed by atoms with Crippen molar-refractivity contribution >= 4 is 11.7 Å². The molecule has 2 aromatic rings. The molecule has 0 unspecified atom stereocenters. The largest absolute Gasteiger partial charge is 0.324 e. The number of piperidine rings is 1. The van der Waals surface area contributed by atoms with Gasteiger partial charge in [-0.3, -0.25) is 4.98 Å². The summed E-state index contributed by atoms with van der Waals surface area (Å²) in [5.74, 6) is 0.465. The van der Waals surface area contributed by atoms with Gasteiger partial charge in [0.15, 0.2) is 0 Å². The van der Waals surface area contributed by atoms with E-state index in [0.717, 1.165) is 37.3 Å². The van der Waals surface area contributed by atoms with Crippen molar-refractivity contribution in [2.24, 2.45) is 0 Å². The van der Waals surface area contributed by atoms with E-state index in [1.807, 2.05) is 53.6 Å². The minimum absolute atomic E-state index is 0.0133. The maximum atomic E-state index is 12.2. The van der Waals surface area contributed by atoms with Gasteiger partial charge in [0.2, 0.25) is 0 Å². The molecule has 0 spiro atoms. The Morgan fingerprint density at radius 1 is 1.05 bits per heavy atom. The first-order valence-electron chi connectivity index (χ1n) is 7.35. The first kappa shape index (κ1) is 13.6. The first-order valence-corrected chi connectivity index (χ1v) is 7.35. The van der Waals surface area contributed by atoms with Crippen LogP contribution in [0, 0.1) is 0 Å². The molecule has 4 heteroatoms. The predicted octanol–water partition coefficient (Wildman–Crippen LogP) is 3.49. The van der Waals surface area contributed by atoms with E-state index in [9.17, 15) is 4.79 Å². The number of nitrogens with zero attached hydrogens (tertiary/aromatic N) is 2. The molecule has 1 aromatic carbocycles. The average molecular weight is 281 g/mol. The molecule has 2 amide bonds. The van der Waals surface area contributed by atoms with Gasteiger partial charge < -0.3 is 10.2 Å². The minimum atomic E-state index is -0.0133. The maximum Gasteiger partial charge on any atom is 0.321 e. The molecule has 4 nitrogen and oxygen atoms in total. The Kier molecular flexibility index (Phi) is 4.15. The Bertz CT molecular complexity index is 577. The van der Waals surface area contributed by atoms with Crippen molar-refractivity contribution in [3.8, 4) is 0 Å². The summed E-state index contributed by atoms with van der Waals surface area (Å²) in [5.41, 5.74) is 1.98. The van der Waals surface area contributed by atoms with Crippen LogP contribution in [0.3, 0.4) is 0 Å². The highest BCUT2D eigenvalue weighted by Gasteiger charge is 2.24. The van der Waals surface area contributed by atoms with Crippen LogP contribution >= 0.6 is 0 Å². The second kappa shape index (κ2) is 6.39. The molecule has 0 saturated carbocycles. The van der Waals surface area contributed by atoms with Crippen LogP contribution in [0.2, 0.25) is 0 Å². The first-order chi connectivity index (χ1) is 10.3. The monoisotopic (exact) mass is 281 g/mol. The van der Waals surface area contributed by atoms with Gasteiger partial charge in [0.25, 0.3) is 0 Å². The third-order valence-corrected chi connectivity index (χ3v) is 3.91. The van der Waals surface area contributed by atoms with E-state index in [1.54, 1.807) is 0 Å². The summed E-state index contributed by atoms with van der Waals surface area (Å²) < 4.78 is 0. The van der Waals surface area contributed by atoms with Crippen molar-refractivity contribution in [1.29, 1.82) is 0 Å². The number of pyridine rings is 1. The lowest BCUT2D eigenvalue weighted by atomic mass is 9.93. The highest BCUT2D eigenvalue weighted by molar-refractivity contribution is 5.89. The molecule has 3 rings (SSSR count). The number of rotatable bonds is 2. The lowest BCUT2D eigenvalue weighted by Crippen LogP contribution is -2.40. The van der Waals surface area contributed by atoms with Crippen molar-refractivity contribution in [2.45, 2.75) is 18.8 Å². The molecule has 1 fully saturated rings. The summed E-state index contributed by atoms with van der Waals surface area (Å²) in [6.45, 7) is 1.56. The number of aromatic nitrogens is 1. The second-order valence-electron chi connectivity index (χ2n) is 5.31. The summed E-state index contributed by atoms with van der Waals surface area (Å²) >= 11 is 0. The van der Waals surface area contributed by atoms with Crippen LogP contribution in [0.15, 0.2) is 54.7 Å². The number of benzene rings is 1. The van der Waals surface area contributed by atoms with Gasteiger partial charge in [-0.15, -0.1) is 0 Å². The third kappa shape index (κ3) is 3.40. The van der Waals surface area contributed by atoms with Crippen LogP contribution in [-0.2, 0) is 0 Å². The standard InChI is InChI=1S/C17H19N3O/c21-17(19-15-6-2-1-3-7-15)20-12-9-14(10-13-20)16-8-4-5-11-18-16/h1-8,11,14H,9-10,12-13H2,(H,19,21). The van der Waals surface area contributed by atoms with Crippen molar-refractivity contribution in [3.05, 3.63) is 60.4 Å². The van der Waals surface area contributed by atoms with Gasteiger partial charge in [0, 0.05) is 36.6 Å². The number of para-hydroxylation sites is 1. The Labute approximate surface area is 124 Å². The van der Waals surface area contributed by atoms with Crippen LogP contribution < -0.4 is 5.32 Å². The molecule has 1 saturated heterocycles. The molecule has 108 valence electrons. The van der Waals surface area contributed by atoms with E-state index in [4.69, 9.17) is 0 Å². The van der Waals surface area contributed by atoms with Gasteiger partial charge in [-0.25, -0.2) is 4.79 Å². The number of hydrogen-bond acceptors (Lipinski definition) is 2. The van der Waals surface area contributed by atoms with E-state index in [2.05, 4.69) is 16.4 Å². The van der Waals surface area contributed by atoms with E-state index in [-0.39, 0.29) is 6.03 Å². The Hall–Kier alpha value is -2.36. The summed E-state index contributed by atoms with van der Waals surface area (Å²) in [7, 11) is 0. The van der Waals surface area contributed by atoms with Crippen LogP contribution in [0.4, 0.5) is 10.5 Å². The maximum absolute atomic E-state index is 12.2. The third-order valence-electron chi connectivity index (χ3n) is 3.91. The zero-order valence-corrected chi connectivity index (χ0v) is 11.9. The fraction of sp³-hybridized carbons (Fsp3) is 0.294. The van der Waals surface area contributed by atoms with E-state index in [1.165, 1.54) is 0 Å². The van der Waals surface area contributed by atoms with E-state index in [0.29, 0.717) is 5.92 Å². The smallest absolute Gasteiger partial charge is 0.321 e. The molecule has 1 aliphatic rings. The quantitative estimate of drug-likeness (QED) is 0.915. The fourth-order valence-electron chi connectivity index (χ4n) is 2.72. The van der Waals surface area contributed by atoms with Crippen molar-refractivity contribution in [2.75, 3.05) is 18.4 Å². The van der Waals surface area contributed by atoms with Gasteiger partial charge in [-0.2, -0.15) is 0 Å². The summed E-state index contributed by atoms with van der Waals surface area (Å²) in [6, 6.07) is 15.6. The van der Waals surface area contributed by atoms with Crippen LogP contribution in [0.25, 0.3) is 0 Å². The Morgan fingerprint density at radius 3 is 2.43 bits per heavy atom. The Balaban J connectivity index is 1.55. The van der Waals surface area contributed by atoms with E-state index >= 15 is 0 Å². The summed E-state index contributed by atoms with van der Waals surface area (Å²) in [5, 5.41) is 2.94. The SMILES string of the molecule is O=C(Nc1ccccc1)N1CCC(c2ccccn2)CC1. The normalized spacial score (nSPS) is 15.7. The molecule has 0 radical (unpaired) electrons. The van der Waals surface area contributed by atoms with E-state index < -0.39 is 0 Å². The molecule has 1 aromatic heterocycles. The summed E-state index contributed by atoms with van der Waals surface area (Å²) in [4.78, 5) is 18.5. The zero-order valence-electron chi connectivity index (χ0n) is 11.9. The number of urea groups is 1. The molecule has 2 heterocycles. The molecule has 0 bridgehead atoms. The van der Waals surface area contributed by atoms with Gasteiger partial charge in [0.1, 0.15) is 0 Å². The molecule has 0 aliphatic carbocycles. The van der Waals surface area contributed by atoms with Crippen LogP contribution in [0.5, 0.6) is 0 Å². The number of anilines is 1. The molecular formula is C17H19N3O. The molecule has 1 N–H and O–H groups in total. The van der Waals surface area contributed by atoms with Crippen molar-refractivity contribution in [1.82, 2.24) is 9.88 Å². The van der Waals surface area contributed by atoms with Gasteiger partial charge >= 0.3 is 6.03 Å². The topological polar surface area (TPSA) is 45.2 Å². The lowest BCUT2D eigenvalue weighted by Gasteiger charge is -2.31. The van der Waals surface area contributed by atoms with Gasteiger partial charge in [-0.1, -0.05) is 24.3 Å². The number of hydrogen-bond donors (Lipinski definition) is 1. The van der Waals surface area contributed by atoms with Crippen LogP contribution in [0.1, 0.15) is 24.5 Å². The number of nitrogens with one attached hydrogen (secondary N) is 1.